The molecule has 1 aliphatic carbocycles. The molecule has 3 N–H and O–H groups in total. The van der Waals surface area contributed by atoms with Gasteiger partial charge < -0.3 is 20.5 Å². The molecule has 0 aromatic heterocycles. The van der Waals surface area contributed by atoms with Crippen LogP contribution in [0.4, 0.5) is 0 Å². The van der Waals surface area contributed by atoms with Crippen molar-refractivity contribution >= 4 is 29.9 Å². The molecule has 0 aliphatic heterocycles. The SMILES string of the molecule is CCNC(=NCC1(c2ccccc2OC)CC1)NCC(CO)c1ccccc1.I. The summed E-state index contributed by atoms with van der Waals surface area (Å²) in [5.74, 6) is 1.77. The summed E-state index contributed by atoms with van der Waals surface area (Å²) in [6.45, 7) is 4.31. The topological polar surface area (TPSA) is 65.9 Å². The predicted molar refractivity (Wildman–Crippen MR) is 130 cm³/mol. The zero-order valence-corrected chi connectivity index (χ0v) is 19.6. The zero-order valence-electron chi connectivity index (χ0n) is 17.2. The lowest BCUT2D eigenvalue weighted by Crippen LogP contribution is -2.40. The molecule has 0 heterocycles. The molecule has 29 heavy (non-hydrogen) atoms. The van der Waals surface area contributed by atoms with Crippen molar-refractivity contribution in [2.24, 2.45) is 4.99 Å². The average Bonchev–Trinajstić information content (AvgIpc) is 3.54. The van der Waals surface area contributed by atoms with E-state index in [1.807, 2.05) is 42.5 Å². The number of aliphatic hydroxyl groups excluding tert-OH is 1. The minimum Gasteiger partial charge on any atom is -0.496 e. The second kappa shape index (κ2) is 11.4. The van der Waals surface area contributed by atoms with Crippen LogP contribution in [0.25, 0.3) is 0 Å². The van der Waals surface area contributed by atoms with Gasteiger partial charge in [0.2, 0.25) is 0 Å². The number of hydrogen-bond donors (Lipinski definition) is 3. The minimum atomic E-state index is 0. The van der Waals surface area contributed by atoms with E-state index in [2.05, 4.69) is 29.7 Å². The fourth-order valence-electron chi connectivity index (χ4n) is 3.55. The maximum absolute atomic E-state index is 9.78. The van der Waals surface area contributed by atoms with Crippen molar-refractivity contribution in [1.29, 1.82) is 0 Å². The number of methoxy groups -OCH3 is 1. The highest BCUT2D eigenvalue weighted by atomic mass is 127. The lowest BCUT2D eigenvalue weighted by molar-refractivity contribution is 0.265. The Balaban J connectivity index is 0.00000300. The number of guanidine groups is 1. The van der Waals surface area contributed by atoms with Crippen molar-refractivity contribution in [3.8, 4) is 5.75 Å². The van der Waals surface area contributed by atoms with Gasteiger partial charge in [0.15, 0.2) is 5.96 Å². The number of ether oxygens (including phenoxy) is 1. The largest absolute Gasteiger partial charge is 0.496 e. The molecule has 0 saturated heterocycles. The predicted octanol–water partition coefficient (Wildman–Crippen LogP) is 3.68. The molecule has 158 valence electrons. The van der Waals surface area contributed by atoms with Crippen LogP contribution in [0.5, 0.6) is 5.75 Å². The lowest BCUT2D eigenvalue weighted by Gasteiger charge is -2.20. The van der Waals surface area contributed by atoms with Crippen molar-refractivity contribution in [3.63, 3.8) is 0 Å². The maximum Gasteiger partial charge on any atom is 0.191 e. The summed E-state index contributed by atoms with van der Waals surface area (Å²) in [6.07, 6.45) is 2.25. The van der Waals surface area contributed by atoms with Crippen LogP contribution in [0.15, 0.2) is 59.6 Å². The Bertz CT molecular complexity index is 779. The van der Waals surface area contributed by atoms with E-state index < -0.39 is 0 Å². The van der Waals surface area contributed by atoms with Gasteiger partial charge in [-0.3, -0.25) is 4.99 Å². The first-order valence-electron chi connectivity index (χ1n) is 10.0. The van der Waals surface area contributed by atoms with Crippen LogP contribution in [-0.4, -0.2) is 44.4 Å². The number of aliphatic hydroxyl groups is 1. The Morgan fingerprint density at radius 3 is 2.41 bits per heavy atom. The molecule has 1 unspecified atom stereocenters. The summed E-state index contributed by atoms with van der Waals surface area (Å²) in [6, 6.07) is 18.3. The molecule has 6 heteroatoms. The number of nitrogens with zero attached hydrogens (tertiary/aromatic N) is 1. The van der Waals surface area contributed by atoms with Gasteiger partial charge in [-0.05, 0) is 31.4 Å². The summed E-state index contributed by atoms with van der Waals surface area (Å²) in [5.41, 5.74) is 2.45. The molecular formula is C23H32IN3O2. The highest BCUT2D eigenvalue weighted by molar-refractivity contribution is 14.0. The van der Waals surface area contributed by atoms with Gasteiger partial charge in [-0.1, -0.05) is 48.5 Å². The summed E-state index contributed by atoms with van der Waals surface area (Å²) < 4.78 is 5.56. The van der Waals surface area contributed by atoms with Gasteiger partial charge in [-0.25, -0.2) is 0 Å². The molecule has 1 fully saturated rings. The van der Waals surface area contributed by atoms with Gasteiger partial charge in [0.05, 0.1) is 20.3 Å². The van der Waals surface area contributed by atoms with Crippen molar-refractivity contribution < 1.29 is 9.84 Å². The smallest absolute Gasteiger partial charge is 0.191 e. The van der Waals surface area contributed by atoms with Gasteiger partial charge in [0.25, 0.3) is 0 Å². The van der Waals surface area contributed by atoms with Crippen LogP contribution >= 0.6 is 24.0 Å². The Morgan fingerprint density at radius 1 is 1.10 bits per heavy atom. The van der Waals surface area contributed by atoms with Crippen molar-refractivity contribution in [1.82, 2.24) is 10.6 Å². The first-order chi connectivity index (χ1) is 13.7. The van der Waals surface area contributed by atoms with Gasteiger partial charge >= 0.3 is 0 Å². The number of aliphatic imine (C=N–C) groups is 1. The zero-order chi connectivity index (χ0) is 19.8. The van der Waals surface area contributed by atoms with Crippen LogP contribution in [0.2, 0.25) is 0 Å². The van der Waals surface area contributed by atoms with E-state index in [0.717, 1.165) is 43.2 Å². The third kappa shape index (κ3) is 6.09. The highest BCUT2D eigenvalue weighted by Crippen LogP contribution is 2.51. The molecule has 0 spiro atoms. The molecule has 3 rings (SSSR count). The van der Waals surface area contributed by atoms with E-state index in [4.69, 9.17) is 9.73 Å². The maximum atomic E-state index is 9.78. The van der Waals surface area contributed by atoms with Crippen LogP contribution in [-0.2, 0) is 5.41 Å². The van der Waals surface area contributed by atoms with E-state index in [0.29, 0.717) is 6.54 Å². The Morgan fingerprint density at radius 2 is 1.79 bits per heavy atom. The number of halogens is 1. The Hall–Kier alpha value is -1.80. The van der Waals surface area contributed by atoms with E-state index in [1.54, 1.807) is 7.11 Å². The van der Waals surface area contributed by atoms with E-state index in [-0.39, 0.29) is 41.9 Å². The monoisotopic (exact) mass is 509 g/mol. The van der Waals surface area contributed by atoms with Gasteiger partial charge in [0, 0.05) is 30.0 Å². The standard InChI is InChI=1S/C23H31N3O2.HI/c1-3-24-22(25-15-19(16-27)18-9-5-4-6-10-18)26-17-23(13-14-23)20-11-7-8-12-21(20)28-2;/h4-12,19,27H,3,13-17H2,1-2H3,(H2,24,25,26);1H. The molecule has 0 bridgehead atoms. The molecule has 2 aromatic carbocycles. The normalized spacial score (nSPS) is 15.8. The first-order valence-corrected chi connectivity index (χ1v) is 10.0. The highest BCUT2D eigenvalue weighted by Gasteiger charge is 2.46. The van der Waals surface area contributed by atoms with Gasteiger partial charge in [-0.2, -0.15) is 0 Å². The second-order valence-electron chi connectivity index (χ2n) is 7.35. The van der Waals surface area contributed by atoms with Crippen molar-refractivity contribution in [2.75, 3.05) is 33.4 Å². The molecule has 2 aromatic rings. The number of benzene rings is 2. The minimum absolute atomic E-state index is 0. The molecule has 0 amide bonds. The summed E-state index contributed by atoms with van der Waals surface area (Å²) >= 11 is 0. The Labute approximate surface area is 191 Å². The first kappa shape index (κ1) is 23.5. The number of para-hydroxylation sites is 1. The number of hydrogen-bond acceptors (Lipinski definition) is 3. The summed E-state index contributed by atoms with van der Waals surface area (Å²) in [5, 5.41) is 16.5. The van der Waals surface area contributed by atoms with Crippen LogP contribution in [0.1, 0.15) is 36.8 Å². The molecule has 5 nitrogen and oxygen atoms in total. The van der Waals surface area contributed by atoms with Crippen molar-refractivity contribution in [2.45, 2.75) is 31.1 Å². The second-order valence-corrected chi connectivity index (χ2v) is 7.35. The van der Waals surface area contributed by atoms with E-state index in [1.165, 1.54) is 5.56 Å². The summed E-state index contributed by atoms with van der Waals surface area (Å²) in [7, 11) is 1.72. The molecule has 0 radical (unpaired) electrons. The van der Waals surface area contributed by atoms with Crippen LogP contribution < -0.4 is 15.4 Å². The summed E-state index contributed by atoms with van der Waals surface area (Å²) in [4.78, 5) is 4.86. The van der Waals surface area contributed by atoms with Crippen LogP contribution in [0, 0.1) is 0 Å². The lowest BCUT2D eigenvalue weighted by atomic mass is 9.95. The third-order valence-corrected chi connectivity index (χ3v) is 5.42. The third-order valence-electron chi connectivity index (χ3n) is 5.42. The fraction of sp³-hybridized carbons (Fsp3) is 0.435. The molecule has 1 saturated carbocycles. The van der Waals surface area contributed by atoms with E-state index >= 15 is 0 Å². The van der Waals surface area contributed by atoms with Crippen LogP contribution in [0.3, 0.4) is 0 Å². The fourth-order valence-corrected chi connectivity index (χ4v) is 3.55. The van der Waals surface area contributed by atoms with E-state index in [9.17, 15) is 5.11 Å². The van der Waals surface area contributed by atoms with Gasteiger partial charge in [0.1, 0.15) is 5.75 Å². The Kier molecular flexibility index (Phi) is 9.23. The molecular weight excluding hydrogens is 477 g/mol. The average molecular weight is 509 g/mol. The number of nitrogens with one attached hydrogen (secondary N) is 2. The number of rotatable bonds is 9. The van der Waals surface area contributed by atoms with Crippen molar-refractivity contribution in [3.05, 3.63) is 65.7 Å². The molecule has 1 aliphatic rings. The quantitative estimate of drug-likeness (QED) is 0.274. The van der Waals surface area contributed by atoms with Gasteiger partial charge in [-0.15, -0.1) is 24.0 Å². The molecule has 1 atom stereocenters.